The van der Waals surface area contributed by atoms with Crippen LogP contribution in [0.25, 0.3) is 0 Å². The number of non-ortho nitro benzene ring substituents is 1. The number of nitrogens with zero attached hydrogens (tertiary/aromatic N) is 1. The predicted molar refractivity (Wildman–Crippen MR) is 60.4 cm³/mol. The summed E-state index contributed by atoms with van der Waals surface area (Å²) in [5, 5.41) is 12.0. The molecule has 0 heterocycles. The van der Waals surface area contributed by atoms with Crippen LogP contribution in [0.5, 0.6) is 0 Å². The highest BCUT2D eigenvalue weighted by atomic mass is 79.9. The zero-order chi connectivity index (χ0) is 14.8. The molecule has 0 atom stereocenters. The number of benzene rings is 1. The first kappa shape index (κ1) is 15.3. The van der Waals surface area contributed by atoms with Crippen LogP contribution in [0, 0.1) is 10.1 Å². The Morgan fingerprint density at radius 1 is 1.42 bits per heavy atom. The Morgan fingerprint density at radius 3 is 2.47 bits per heavy atom. The Morgan fingerprint density at radius 2 is 2.00 bits per heavy atom. The third kappa shape index (κ3) is 3.40. The lowest BCUT2D eigenvalue weighted by molar-refractivity contribution is -0.384. The molecule has 1 aromatic carbocycles. The number of hydrogen-bond donors (Lipinski definition) is 1. The van der Waals surface area contributed by atoms with Crippen molar-refractivity contribution < 1.29 is 27.3 Å². The van der Waals surface area contributed by atoms with Gasteiger partial charge in [0.2, 0.25) is 0 Å². The van der Waals surface area contributed by atoms with E-state index in [1.54, 1.807) is 0 Å². The lowest BCUT2D eigenvalue weighted by Crippen LogP contribution is -2.41. The molecule has 0 fully saturated rings. The maximum Gasteiger partial charge on any atom is 0.383 e. The molecule has 0 aliphatic carbocycles. The van der Waals surface area contributed by atoms with E-state index in [1.807, 2.05) is 0 Å². The molecule has 0 aromatic heterocycles. The van der Waals surface area contributed by atoms with Gasteiger partial charge in [0, 0.05) is 16.6 Å². The number of alkyl halides is 4. The van der Waals surface area contributed by atoms with Crippen LogP contribution in [-0.2, 0) is 4.79 Å². The molecule has 0 aliphatic rings. The molecular formula is C9H5BrF4N2O3. The zero-order valence-corrected chi connectivity index (χ0v) is 10.5. The Kier molecular flexibility index (Phi) is 4.45. The van der Waals surface area contributed by atoms with Crippen molar-refractivity contribution in [3.63, 3.8) is 0 Å². The number of amides is 1. The minimum Gasteiger partial charge on any atom is -0.319 e. The normalized spacial score (nSPS) is 11.5. The Balaban J connectivity index is 3.03. The van der Waals surface area contributed by atoms with E-state index in [2.05, 4.69) is 15.9 Å². The van der Waals surface area contributed by atoms with Crippen molar-refractivity contribution >= 4 is 33.2 Å². The molecule has 0 bridgehead atoms. The maximum absolute atomic E-state index is 12.7. The lowest BCUT2D eigenvalue weighted by Gasteiger charge is -2.15. The number of nitro groups is 1. The van der Waals surface area contributed by atoms with E-state index in [9.17, 15) is 32.5 Å². The number of carbonyl (C=O) groups is 1. The van der Waals surface area contributed by atoms with Crippen molar-refractivity contribution in [3.05, 3.63) is 32.8 Å². The van der Waals surface area contributed by atoms with Gasteiger partial charge in [-0.15, -0.1) is 0 Å². The third-order valence-electron chi connectivity index (χ3n) is 1.99. The number of carbonyl (C=O) groups excluding carboxylic acids is 1. The van der Waals surface area contributed by atoms with Gasteiger partial charge in [0.25, 0.3) is 5.69 Å². The van der Waals surface area contributed by atoms with E-state index in [4.69, 9.17) is 0 Å². The summed E-state index contributed by atoms with van der Waals surface area (Å²) < 4.78 is 49.3. The second-order valence-electron chi connectivity index (χ2n) is 3.30. The quantitative estimate of drug-likeness (QED) is 0.518. The summed E-state index contributed by atoms with van der Waals surface area (Å²) in [4.78, 5) is 20.6. The van der Waals surface area contributed by atoms with Gasteiger partial charge in [-0.25, -0.2) is 8.78 Å². The van der Waals surface area contributed by atoms with E-state index in [0.717, 1.165) is 18.2 Å². The number of halogens is 5. The topological polar surface area (TPSA) is 72.2 Å². The van der Waals surface area contributed by atoms with Gasteiger partial charge < -0.3 is 5.32 Å². The van der Waals surface area contributed by atoms with Crippen molar-refractivity contribution in [3.8, 4) is 0 Å². The number of rotatable bonds is 4. The first-order valence-corrected chi connectivity index (χ1v) is 5.37. The zero-order valence-electron chi connectivity index (χ0n) is 8.87. The molecular weight excluding hydrogens is 340 g/mol. The second kappa shape index (κ2) is 5.51. The van der Waals surface area contributed by atoms with Crippen LogP contribution in [0.4, 0.5) is 28.9 Å². The molecule has 19 heavy (non-hydrogen) atoms. The highest BCUT2D eigenvalue weighted by molar-refractivity contribution is 9.10. The van der Waals surface area contributed by atoms with Gasteiger partial charge >= 0.3 is 18.3 Å². The van der Waals surface area contributed by atoms with Gasteiger partial charge in [-0.05, 0) is 22.0 Å². The molecule has 0 saturated heterocycles. The monoisotopic (exact) mass is 344 g/mol. The lowest BCUT2D eigenvalue weighted by atomic mass is 10.2. The van der Waals surface area contributed by atoms with Crippen molar-refractivity contribution in [1.82, 2.24) is 0 Å². The van der Waals surface area contributed by atoms with Crippen molar-refractivity contribution in [1.29, 1.82) is 0 Å². The smallest absolute Gasteiger partial charge is 0.319 e. The van der Waals surface area contributed by atoms with E-state index < -0.39 is 34.6 Å². The van der Waals surface area contributed by atoms with E-state index >= 15 is 0 Å². The van der Waals surface area contributed by atoms with Crippen molar-refractivity contribution in [2.45, 2.75) is 12.3 Å². The standard InChI is InChI=1S/C9H5BrF4N2O3/c10-5-2-1-4(16(18)19)3-6(5)15-8(17)9(13,14)7(11)12/h1-3,7H,(H,15,17). The fraction of sp³-hybridized carbons (Fsp3) is 0.222. The Bertz CT molecular complexity index is 524. The Labute approximate surface area is 111 Å². The van der Waals surface area contributed by atoms with E-state index in [0.29, 0.717) is 0 Å². The molecule has 1 rings (SSSR count). The van der Waals surface area contributed by atoms with Crippen molar-refractivity contribution in [2.24, 2.45) is 0 Å². The minimum absolute atomic E-state index is 0.0384. The third-order valence-corrected chi connectivity index (χ3v) is 2.68. The first-order chi connectivity index (χ1) is 8.66. The molecule has 1 N–H and O–H groups in total. The van der Waals surface area contributed by atoms with Gasteiger partial charge in [0.15, 0.2) is 0 Å². The number of anilines is 1. The second-order valence-corrected chi connectivity index (χ2v) is 4.15. The minimum atomic E-state index is -4.88. The number of nitrogens with one attached hydrogen (secondary N) is 1. The van der Waals surface area contributed by atoms with E-state index in [-0.39, 0.29) is 4.47 Å². The number of hydrogen-bond acceptors (Lipinski definition) is 3. The summed E-state index contributed by atoms with van der Waals surface area (Å²) in [6, 6.07) is 2.93. The molecule has 5 nitrogen and oxygen atoms in total. The summed E-state index contributed by atoms with van der Waals surface area (Å²) >= 11 is 2.84. The summed E-state index contributed by atoms with van der Waals surface area (Å²) in [5.74, 6) is -7.13. The maximum atomic E-state index is 12.7. The highest BCUT2D eigenvalue weighted by Gasteiger charge is 2.49. The molecule has 0 unspecified atom stereocenters. The molecule has 0 saturated carbocycles. The summed E-state index contributed by atoms with van der Waals surface area (Å²) in [6.45, 7) is 0. The average Bonchev–Trinajstić information content (AvgIpc) is 2.31. The van der Waals surface area contributed by atoms with Gasteiger partial charge in [0.1, 0.15) is 0 Å². The molecule has 104 valence electrons. The van der Waals surface area contributed by atoms with Crippen LogP contribution in [-0.4, -0.2) is 23.2 Å². The first-order valence-electron chi connectivity index (χ1n) is 4.57. The predicted octanol–water partition coefficient (Wildman–Crippen LogP) is 3.20. The molecule has 0 radical (unpaired) electrons. The van der Waals surface area contributed by atoms with Crippen LogP contribution in [0.2, 0.25) is 0 Å². The molecule has 1 amide bonds. The highest BCUT2D eigenvalue weighted by Crippen LogP contribution is 2.30. The fourth-order valence-electron chi connectivity index (χ4n) is 1.03. The van der Waals surface area contributed by atoms with E-state index in [1.165, 1.54) is 5.32 Å². The summed E-state index contributed by atoms with van der Waals surface area (Å²) in [6.07, 6.45) is -4.18. The fourth-order valence-corrected chi connectivity index (χ4v) is 1.37. The molecule has 10 heteroatoms. The summed E-state index contributed by atoms with van der Waals surface area (Å²) in [5.41, 5.74) is -0.890. The molecule has 0 aliphatic heterocycles. The largest absolute Gasteiger partial charge is 0.383 e. The van der Waals surface area contributed by atoms with Crippen LogP contribution >= 0.6 is 15.9 Å². The molecule has 0 spiro atoms. The average molecular weight is 345 g/mol. The number of nitro benzene ring substituents is 1. The SMILES string of the molecule is O=C(Nc1cc([N+](=O)[O-])ccc1Br)C(F)(F)C(F)F. The summed E-state index contributed by atoms with van der Waals surface area (Å²) in [7, 11) is 0. The van der Waals surface area contributed by atoms with Gasteiger partial charge in [-0.2, -0.15) is 8.78 Å². The van der Waals surface area contributed by atoms with Crippen LogP contribution < -0.4 is 5.32 Å². The van der Waals surface area contributed by atoms with Crippen LogP contribution in [0.1, 0.15) is 0 Å². The van der Waals surface area contributed by atoms with Gasteiger partial charge in [0.05, 0.1) is 10.6 Å². The Hall–Kier alpha value is -1.71. The van der Waals surface area contributed by atoms with Crippen molar-refractivity contribution in [2.75, 3.05) is 5.32 Å². The van der Waals surface area contributed by atoms with Crippen LogP contribution in [0.15, 0.2) is 22.7 Å². The molecule has 1 aromatic rings. The van der Waals surface area contributed by atoms with Crippen LogP contribution in [0.3, 0.4) is 0 Å². The van der Waals surface area contributed by atoms with Gasteiger partial charge in [-0.1, -0.05) is 0 Å². The van der Waals surface area contributed by atoms with Gasteiger partial charge in [-0.3, -0.25) is 14.9 Å².